The van der Waals surface area contributed by atoms with Crippen LogP contribution in [0.25, 0.3) is 5.69 Å². The number of likely N-dealkylation sites (tertiary alicyclic amines) is 2. The molecule has 2 aliphatic heterocycles. The van der Waals surface area contributed by atoms with Crippen LogP contribution in [-0.2, 0) is 4.74 Å². The summed E-state index contributed by atoms with van der Waals surface area (Å²) in [5.74, 6) is -0.0216. The molecule has 0 radical (unpaired) electrons. The van der Waals surface area contributed by atoms with Crippen LogP contribution in [0.15, 0.2) is 36.5 Å². The second-order valence-corrected chi connectivity index (χ2v) is 8.23. The summed E-state index contributed by atoms with van der Waals surface area (Å²) in [6, 6.07) is 8.99. The molecule has 0 bridgehead atoms. The predicted molar refractivity (Wildman–Crippen MR) is 112 cm³/mol. The van der Waals surface area contributed by atoms with E-state index in [1.807, 2.05) is 23.2 Å². The molecule has 2 aromatic rings. The average molecular weight is 422 g/mol. The molecule has 5 nitrogen and oxygen atoms in total. The van der Waals surface area contributed by atoms with Crippen LogP contribution in [0, 0.1) is 0 Å². The molecule has 1 aromatic heterocycles. The molecule has 0 spiro atoms. The molecule has 7 heteroatoms. The molecule has 1 atom stereocenters. The van der Waals surface area contributed by atoms with E-state index in [-0.39, 0.29) is 12.0 Å². The summed E-state index contributed by atoms with van der Waals surface area (Å²) in [6.45, 7) is 5.41. The van der Waals surface area contributed by atoms with E-state index >= 15 is 0 Å². The van der Waals surface area contributed by atoms with Crippen molar-refractivity contribution in [1.82, 2.24) is 14.4 Å². The fourth-order valence-corrected chi connectivity index (χ4v) is 4.61. The first-order chi connectivity index (χ1) is 13.6. The lowest BCUT2D eigenvalue weighted by molar-refractivity contribution is 0.0435. The lowest BCUT2D eigenvalue weighted by Gasteiger charge is -2.20. The highest BCUT2D eigenvalue weighted by Gasteiger charge is 2.29. The van der Waals surface area contributed by atoms with Gasteiger partial charge in [0.05, 0.1) is 28.4 Å². The van der Waals surface area contributed by atoms with Crippen molar-refractivity contribution in [3.8, 4) is 5.69 Å². The van der Waals surface area contributed by atoms with Gasteiger partial charge in [0.15, 0.2) is 0 Å². The van der Waals surface area contributed by atoms with E-state index in [9.17, 15) is 4.79 Å². The fourth-order valence-electron chi connectivity index (χ4n) is 4.03. The van der Waals surface area contributed by atoms with E-state index in [1.54, 1.807) is 22.8 Å². The number of para-hydroxylation sites is 1. The van der Waals surface area contributed by atoms with Crippen molar-refractivity contribution >= 4 is 29.1 Å². The molecule has 0 aliphatic carbocycles. The Labute approximate surface area is 175 Å². The highest BCUT2D eigenvalue weighted by molar-refractivity contribution is 6.37. The molecule has 1 aromatic carbocycles. The first-order valence-corrected chi connectivity index (χ1v) is 10.6. The zero-order valence-corrected chi connectivity index (χ0v) is 17.3. The van der Waals surface area contributed by atoms with E-state index in [0.29, 0.717) is 34.5 Å². The lowest BCUT2D eigenvalue weighted by atomic mass is 10.3. The zero-order valence-electron chi connectivity index (χ0n) is 15.8. The van der Waals surface area contributed by atoms with Gasteiger partial charge in [-0.3, -0.25) is 4.79 Å². The summed E-state index contributed by atoms with van der Waals surface area (Å²) in [5, 5.41) is 1.03. The van der Waals surface area contributed by atoms with Crippen LogP contribution in [0.3, 0.4) is 0 Å². The van der Waals surface area contributed by atoms with Crippen molar-refractivity contribution < 1.29 is 9.53 Å². The average Bonchev–Trinajstić information content (AvgIpc) is 3.43. The van der Waals surface area contributed by atoms with Gasteiger partial charge >= 0.3 is 0 Å². The molecular weight excluding hydrogens is 397 g/mol. The SMILES string of the molecule is O=C(c1cccn1-c1c(Cl)cccc1Cl)N1CCC(OCCN2CCCC2)C1. The van der Waals surface area contributed by atoms with Crippen molar-refractivity contribution in [2.75, 3.05) is 39.3 Å². The number of aromatic nitrogens is 1. The van der Waals surface area contributed by atoms with E-state index in [1.165, 1.54) is 25.9 Å². The Bertz CT molecular complexity index is 813. The fraction of sp³-hybridized carbons (Fsp3) is 0.476. The normalized spacial score (nSPS) is 20.2. The molecular formula is C21H25Cl2N3O2. The molecule has 1 amide bonds. The van der Waals surface area contributed by atoms with E-state index in [0.717, 1.165) is 19.6 Å². The summed E-state index contributed by atoms with van der Waals surface area (Å²) >= 11 is 12.7. The maximum absolute atomic E-state index is 13.1. The van der Waals surface area contributed by atoms with E-state index < -0.39 is 0 Å². The quantitative estimate of drug-likeness (QED) is 0.703. The summed E-state index contributed by atoms with van der Waals surface area (Å²) in [7, 11) is 0. The summed E-state index contributed by atoms with van der Waals surface area (Å²) in [6.07, 6.45) is 5.39. The van der Waals surface area contributed by atoms with Crippen LogP contribution in [0.2, 0.25) is 10.0 Å². The highest BCUT2D eigenvalue weighted by atomic mass is 35.5. The number of halogens is 2. The second-order valence-electron chi connectivity index (χ2n) is 7.42. The largest absolute Gasteiger partial charge is 0.375 e. The third-order valence-corrected chi connectivity index (χ3v) is 6.15. The van der Waals surface area contributed by atoms with E-state index in [2.05, 4.69) is 4.90 Å². The highest BCUT2D eigenvalue weighted by Crippen LogP contribution is 2.30. The topological polar surface area (TPSA) is 37.7 Å². The molecule has 28 heavy (non-hydrogen) atoms. The summed E-state index contributed by atoms with van der Waals surface area (Å²) in [5.41, 5.74) is 1.20. The number of carbonyl (C=O) groups excluding carboxylic acids is 1. The van der Waals surface area contributed by atoms with Gasteiger partial charge in [0.25, 0.3) is 5.91 Å². The smallest absolute Gasteiger partial charge is 0.270 e. The molecule has 2 fully saturated rings. The molecule has 4 rings (SSSR count). The van der Waals surface area contributed by atoms with Gasteiger partial charge in [-0.1, -0.05) is 29.3 Å². The number of hydrogen-bond donors (Lipinski definition) is 0. The van der Waals surface area contributed by atoms with Gasteiger partial charge in [-0.2, -0.15) is 0 Å². The first-order valence-electron chi connectivity index (χ1n) is 9.88. The standard InChI is InChI=1S/C21H25Cl2N3O2/c22-17-5-3-6-18(23)20(17)26-11-4-7-19(26)21(27)25-12-8-16(15-25)28-14-13-24-9-1-2-10-24/h3-7,11,16H,1-2,8-10,12-15H2. The minimum Gasteiger partial charge on any atom is -0.375 e. The van der Waals surface area contributed by atoms with Gasteiger partial charge in [0.2, 0.25) is 0 Å². The predicted octanol–water partition coefficient (Wildman–Crippen LogP) is 4.11. The minimum absolute atomic E-state index is 0.0216. The van der Waals surface area contributed by atoms with Crippen LogP contribution in [0.1, 0.15) is 29.8 Å². The van der Waals surface area contributed by atoms with Crippen LogP contribution >= 0.6 is 23.2 Å². The zero-order chi connectivity index (χ0) is 19.5. The Balaban J connectivity index is 1.39. The van der Waals surface area contributed by atoms with Crippen LogP contribution < -0.4 is 0 Å². The summed E-state index contributed by atoms with van der Waals surface area (Å²) in [4.78, 5) is 17.4. The molecule has 2 saturated heterocycles. The van der Waals surface area contributed by atoms with Gasteiger partial charge in [-0.05, 0) is 56.6 Å². The Hall–Kier alpha value is -1.53. The Morgan fingerprint density at radius 2 is 1.82 bits per heavy atom. The number of amides is 1. The van der Waals surface area contributed by atoms with Crippen LogP contribution in [0.5, 0.6) is 0 Å². The molecule has 0 saturated carbocycles. The van der Waals surface area contributed by atoms with Crippen LogP contribution in [0.4, 0.5) is 0 Å². The third kappa shape index (κ3) is 4.23. The van der Waals surface area contributed by atoms with Gasteiger partial charge < -0.3 is 19.1 Å². The van der Waals surface area contributed by atoms with Crippen molar-refractivity contribution in [2.45, 2.75) is 25.4 Å². The van der Waals surface area contributed by atoms with Crippen molar-refractivity contribution in [1.29, 1.82) is 0 Å². The third-order valence-electron chi connectivity index (χ3n) is 5.54. The second kappa shape index (κ2) is 8.87. The number of nitrogens with zero attached hydrogens (tertiary/aromatic N) is 3. The number of benzene rings is 1. The Morgan fingerprint density at radius 3 is 2.57 bits per heavy atom. The van der Waals surface area contributed by atoms with E-state index in [4.69, 9.17) is 27.9 Å². The Morgan fingerprint density at radius 1 is 1.07 bits per heavy atom. The van der Waals surface area contributed by atoms with Gasteiger partial charge in [0, 0.05) is 25.8 Å². The number of hydrogen-bond acceptors (Lipinski definition) is 3. The molecule has 2 aliphatic rings. The summed E-state index contributed by atoms with van der Waals surface area (Å²) < 4.78 is 7.80. The molecule has 150 valence electrons. The molecule has 0 N–H and O–H groups in total. The minimum atomic E-state index is -0.0216. The monoisotopic (exact) mass is 421 g/mol. The van der Waals surface area contributed by atoms with Crippen LogP contribution in [-0.4, -0.2) is 65.7 Å². The number of ether oxygens (including phenoxy) is 1. The van der Waals surface area contributed by atoms with Gasteiger partial charge in [-0.15, -0.1) is 0 Å². The van der Waals surface area contributed by atoms with Crippen molar-refractivity contribution in [2.24, 2.45) is 0 Å². The number of carbonyl (C=O) groups is 1. The Kier molecular flexibility index (Phi) is 6.26. The van der Waals surface area contributed by atoms with Crippen molar-refractivity contribution in [3.63, 3.8) is 0 Å². The van der Waals surface area contributed by atoms with Gasteiger partial charge in [-0.25, -0.2) is 0 Å². The molecule has 1 unspecified atom stereocenters. The molecule has 3 heterocycles. The van der Waals surface area contributed by atoms with Crippen molar-refractivity contribution in [3.05, 3.63) is 52.3 Å². The number of rotatable bonds is 6. The first kappa shape index (κ1) is 19.8. The maximum Gasteiger partial charge on any atom is 0.270 e. The lowest BCUT2D eigenvalue weighted by Crippen LogP contribution is -2.32. The maximum atomic E-state index is 13.1. The van der Waals surface area contributed by atoms with Gasteiger partial charge in [0.1, 0.15) is 5.69 Å².